The monoisotopic (exact) mass is 559 g/mol. The van der Waals surface area contributed by atoms with Crippen molar-refractivity contribution in [3.8, 4) is 0 Å². The molecule has 0 aliphatic heterocycles. The normalized spacial score (nSPS) is 35.6. The summed E-state index contributed by atoms with van der Waals surface area (Å²) in [6, 6.07) is -1.03. The molecule has 3 saturated carbocycles. The lowest BCUT2D eigenvalue weighted by Gasteiger charge is -2.58. The number of ketones is 2. The van der Waals surface area contributed by atoms with Gasteiger partial charge in [-0.25, -0.2) is 4.79 Å². The number of Topliss-reactive ketones (excluding diaryl/α,β-unsaturated/α-hetero) is 1. The molecular formula is C31H45NO8. The van der Waals surface area contributed by atoms with Crippen LogP contribution in [-0.2, 0) is 28.7 Å². The van der Waals surface area contributed by atoms with E-state index in [1.807, 2.05) is 26.8 Å². The van der Waals surface area contributed by atoms with E-state index in [0.717, 1.165) is 32.1 Å². The molecule has 0 aromatic rings. The predicted octanol–water partition coefficient (Wildman–Crippen LogP) is 3.76. The minimum Gasteiger partial charge on any atom is -0.480 e. The molecule has 7 atom stereocenters. The zero-order valence-electron chi connectivity index (χ0n) is 24.3. The summed E-state index contributed by atoms with van der Waals surface area (Å²) in [4.78, 5) is 61.3. The Bertz CT molecular complexity index is 1100. The summed E-state index contributed by atoms with van der Waals surface area (Å²) in [6.07, 6.45) is 7.57. The van der Waals surface area contributed by atoms with Crippen LogP contribution in [0.4, 0.5) is 0 Å². The molecule has 0 aromatic carbocycles. The minimum absolute atomic E-state index is 0.00393. The molecule has 9 nitrogen and oxygen atoms in total. The highest BCUT2D eigenvalue weighted by Crippen LogP contribution is 2.67. The molecule has 40 heavy (non-hydrogen) atoms. The second-order valence-electron chi connectivity index (χ2n) is 13.5. The number of hydrogen-bond donors (Lipinski definition) is 3. The summed E-state index contributed by atoms with van der Waals surface area (Å²) >= 11 is 0. The van der Waals surface area contributed by atoms with Gasteiger partial charge in [0.25, 0.3) is 0 Å². The molecule has 0 aromatic heterocycles. The number of fused-ring (bicyclic) bond motifs is 5. The van der Waals surface area contributed by atoms with Gasteiger partial charge in [-0.2, -0.15) is 0 Å². The first kappa shape index (κ1) is 30.4. The maximum Gasteiger partial charge on any atom is 0.326 e. The molecule has 0 saturated heterocycles. The van der Waals surface area contributed by atoms with Crippen molar-refractivity contribution < 1.29 is 38.9 Å². The van der Waals surface area contributed by atoms with Crippen LogP contribution in [0.25, 0.3) is 0 Å². The number of ether oxygens (including phenoxy) is 1. The lowest BCUT2D eigenvalue weighted by Crippen LogP contribution is -2.58. The van der Waals surface area contributed by atoms with Gasteiger partial charge in [0.2, 0.25) is 11.7 Å². The number of allylic oxidation sites excluding steroid dienone is 1. The SMILES string of the molecule is CC(C)C[C@H](NC(=O)CCC(=O)OCC(=O)[C@@]1(O)CC[C@@H]2[C@H]3CCC4=CC(=O)CC[C@]4(C)[C@@H]3CC[C@@]21C)C(=O)O. The largest absolute Gasteiger partial charge is 0.480 e. The van der Waals surface area contributed by atoms with Crippen LogP contribution in [-0.4, -0.2) is 57.9 Å². The van der Waals surface area contributed by atoms with Crippen molar-refractivity contribution in [2.75, 3.05) is 6.61 Å². The minimum atomic E-state index is -1.58. The number of esters is 1. The molecule has 222 valence electrons. The Balaban J connectivity index is 1.33. The second-order valence-corrected chi connectivity index (χ2v) is 13.5. The first-order valence-corrected chi connectivity index (χ1v) is 14.9. The molecular weight excluding hydrogens is 514 g/mol. The van der Waals surface area contributed by atoms with Crippen LogP contribution in [0.3, 0.4) is 0 Å². The molecule has 0 bridgehead atoms. The Morgan fingerprint density at radius 1 is 1.02 bits per heavy atom. The third-order valence-electron chi connectivity index (χ3n) is 10.8. The van der Waals surface area contributed by atoms with Gasteiger partial charge in [-0.15, -0.1) is 0 Å². The molecule has 1 amide bonds. The topological polar surface area (TPSA) is 147 Å². The van der Waals surface area contributed by atoms with Crippen LogP contribution < -0.4 is 5.32 Å². The predicted molar refractivity (Wildman–Crippen MR) is 146 cm³/mol. The highest BCUT2D eigenvalue weighted by molar-refractivity contribution is 5.92. The number of aliphatic carboxylic acids is 1. The number of carbonyl (C=O) groups is 5. The molecule has 4 aliphatic rings. The number of hydrogen-bond acceptors (Lipinski definition) is 7. The number of amides is 1. The van der Waals surface area contributed by atoms with Crippen molar-refractivity contribution in [2.24, 2.45) is 34.5 Å². The zero-order chi connectivity index (χ0) is 29.5. The van der Waals surface area contributed by atoms with Crippen LogP contribution in [0.5, 0.6) is 0 Å². The quantitative estimate of drug-likeness (QED) is 0.343. The highest BCUT2D eigenvalue weighted by Gasteiger charge is 2.66. The fourth-order valence-electron chi connectivity index (χ4n) is 8.55. The van der Waals surface area contributed by atoms with E-state index >= 15 is 0 Å². The molecule has 3 fully saturated rings. The molecule has 3 N–H and O–H groups in total. The molecule has 0 spiro atoms. The number of carboxylic acids is 1. The van der Waals surface area contributed by atoms with Gasteiger partial charge < -0.3 is 20.3 Å². The third kappa shape index (κ3) is 5.50. The van der Waals surface area contributed by atoms with E-state index < -0.39 is 47.3 Å². The molecule has 4 aliphatic carbocycles. The van der Waals surface area contributed by atoms with E-state index in [1.165, 1.54) is 5.57 Å². The number of carboxylic acid groups (broad SMARTS) is 1. The van der Waals surface area contributed by atoms with Crippen molar-refractivity contribution in [1.82, 2.24) is 5.32 Å². The number of nitrogens with one attached hydrogen (secondary N) is 1. The number of aliphatic hydroxyl groups is 1. The van der Waals surface area contributed by atoms with Gasteiger partial charge in [-0.1, -0.05) is 33.3 Å². The summed E-state index contributed by atoms with van der Waals surface area (Å²) in [5, 5.41) is 23.5. The second kappa shape index (κ2) is 11.4. The standard InChI is InChI=1S/C31H45NO8/c1-18(2)15-24(28(37)38)32-26(35)7-8-27(36)40-17-25(34)31(39)14-11-23-21-6-5-19-16-20(33)9-12-29(19,3)22(21)10-13-30(23,31)4/h16,18,21-24,39H,5-15,17H2,1-4H3,(H,32,35)(H,37,38)/t21-,22+,23+,24-,29-,30-,31-/m0/s1. The molecule has 4 rings (SSSR count). The summed E-state index contributed by atoms with van der Waals surface area (Å²) in [7, 11) is 0. The lowest BCUT2D eigenvalue weighted by molar-refractivity contribution is -0.170. The van der Waals surface area contributed by atoms with Crippen molar-refractivity contribution in [3.05, 3.63) is 11.6 Å². The maximum atomic E-state index is 13.4. The van der Waals surface area contributed by atoms with Crippen LogP contribution >= 0.6 is 0 Å². The first-order valence-electron chi connectivity index (χ1n) is 14.9. The van der Waals surface area contributed by atoms with E-state index in [-0.39, 0.29) is 42.3 Å². The van der Waals surface area contributed by atoms with E-state index in [1.54, 1.807) is 0 Å². The van der Waals surface area contributed by atoms with Crippen LogP contribution in [0, 0.1) is 34.5 Å². The van der Waals surface area contributed by atoms with Gasteiger partial charge in [-0.3, -0.25) is 19.2 Å². The summed E-state index contributed by atoms with van der Waals surface area (Å²) in [6.45, 7) is 7.46. The van der Waals surface area contributed by atoms with E-state index in [0.29, 0.717) is 31.1 Å². The Hall–Kier alpha value is -2.55. The van der Waals surface area contributed by atoms with Gasteiger partial charge in [0.15, 0.2) is 12.4 Å². The highest BCUT2D eigenvalue weighted by atomic mass is 16.5. The van der Waals surface area contributed by atoms with Crippen molar-refractivity contribution >= 4 is 29.4 Å². The summed E-state index contributed by atoms with van der Waals surface area (Å²) in [5.41, 5.74) is -0.908. The average Bonchev–Trinajstić information content (AvgIpc) is 3.17. The summed E-state index contributed by atoms with van der Waals surface area (Å²) < 4.78 is 5.19. The van der Waals surface area contributed by atoms with Gasteiger partial charge in [0.1, 0.15) is 11.6 Å². The van der Waals surface area contributed by atoms with Gasteiger partial charge in [0.05, 0.1) is 6.42 Å². The van der Waals surface area contributed by atoms with Crippen molar-refractivity contribution in [3.63, 3.8) is 0 Å². The molecule has 0 heterocycles. The maximum absolute atomic E-state index is 13.4. The van der Waals surface area contributed by atoms with Crippen LogP contribution in [0.15, 0.2) is 11.6 Å². The Kier molecular flexibility index (Phi) is 8.65. The third-order valence-corrected chi connectivity index (χ3v) is 10.8. The van der Waals surface area contributed by atoms with Crippen LogP contribution in [0.2, 0.25) is 0 Å². The molecule has 9 heteroatoms. The fourth-order valence-corrected chi connectivity index (χ4v) is 8.55. The first-order chi connectivity index (χ1) is 18.7. The lowest BCUT2D eigenvalue weighted by atomic mass is 9.46. The Morgan fingerprint density at radius 3 is 2.40 bits per heavy atom. The number of carbonyl (C=O) groups excluding carboxylic acids is 4. The van der Waals surface area contributed by atoms with E-state index in [4.69, 9.17) is 4.74 Å². The average molecular weight is 560 g/mol. The number of rotatable bonds is 10. The Morgan fingerprint density at radius 2 is 1.73 bits per heavy atom. The summed E-state index contributed by atoms with van der Waals surface area (Å²) in [5.74, 6) is -1.65. The van der Waals surface area contributed by atoms with Crippen LogP contribution in [0.1, 0.15) is 98.3 Å². The van der Waals surface area contributed by atoms with Crippen molar-refractivity contribution in [1.29, 1.82) is 0 Å². The molecule has 0 radical (unpaired) electrons. The van der Waals surface area contributed by atoms with Gasteiger partial charge >= 0.3 is 11.9 Å². The Labute approximate surface area is 236 Å². The zero-order valence-corrected chi connectivity index (χ0v) is 24.3. The van der Waals surface area contributed by atoms with Crippen molar-refractivity contribution in [2.45, 2.75) is 110 Å². The van der Waals surface area contributed by atoms with E-state index in [9.17, 15) is 34.2 Å². The smallest absolute Gasteiger partial charge is 0.326 e. The van der Waals surface area contributed by atoms with Gasteiger partial charge in [0, 0.05) is 18.3 Å². The fraction of sp³-hybridized carbons (Fsp3) is 0.774. The molecule has 0 unspecified atom stereocenters. The van der Waals surface area contributed by atoms with Gasteiger partial charge in [-0.05, 0) is 86.5 Å². The van der Waals surface area contributed by atoms with E-state index in [2.05, 4.69) is 12.2 Å².